The second-order valence-electron chi connectivity index (χ2n) is 4.30. The fourth-order valence-electron chi connectivity index (χ4n) is 2.06. The summed E-state index contributed by atoms with van der Waals surface area (Å²) in [5.74, 6) is -1.06. The Hall–Kier alpha value is -2.17. The lowest BCUT2D eigenvalue weighted by atomic mass is 9.79. The molecular weight excluding hydrogens is 232 g/mol. The molecule has 4 amide bonds. The van der Waals surface area contributed by atoms with E-state index in [1.54, 1.807) is 37.3 Å². The molecule has 1 unspecified atom stereocenters. The standard InChI is InChI=1S/C13H14N2O3/c1-3-15-11(17)13(2,10(16)14-12(15)18)9-7-5-4-6-8-9/h4-8H,3H2,1-2H3,(H,14,16,18). The molecule has 0 aromatic heterocycles. The Kier molecular flexibility index (Phi) is 2.90. The molecule has 0 aliphatic carbocycles. The highest BCUT2D eigenvalue weighted by Gasteiger charge is 2.51. The van der Waals surface area contributed by atoms with Gasteiger partial charge in [0.1, 0.15) is 0 Å². The van der Waals surface area contributed by atoms with Gasteiger partial charge in [-0.15, -0.1) is 0 Å². The van der Waals surface area contributed by atoms with Crippen molar-refractivity contribution in [3.8, 4) is 0 Å². The van der Waals surface area contributed by atoms with Gasteiger partial charge in [0, 0.05) is 6.54 Å². The second kappa shape index (κ2) is 4.25. The van der Waals surface area contributed by atoms with Gasteiger partial charge < -0.3 is 0 Å². The topological polar surface area (TPSA) is 66.5 Å². The van der Waals surface area contributed by atoms with Crippen molar-refractivity contribution in [2.45, 2.75) is 19.3 Å². The van der Waals surface area contributed by atoms with Gasteiger partial charge in [-0.3, -0.25) is 19.8 Å². The highest BCUT2D eigenvalue weighted by atomic mass is 16.2. The average molecular weight is 246 g/mol. The Morgan fingerprint density at radius 3 is 2.33 bits per heavy atom. The first-order valence-corrected chi connectivity index (χ1v) is 5.74. The molecule has 0 saturated carbocycles. The molecule has 2 rings (SSSR count). The first kappa shape index (κ1) is 12.3. The third-order valence-corrected chi connectivity index (χ3v) is 3.26. The summed E-state index contributed by atoms with van der Waals surface area (Å²) in [6, 6.07) is 8.09. The maximum Gasteiger partial charge on any atom is 0.330 e. The van der Waals surface area contributed by atoms with Crippen LogP contribution in [0.2, 0.25) is 0 Å². The van der Waals surface area contributed by atoms with Crippen molar-refractivity contribution in [1.82, 2.24) is 10.2 Å². The first-order chi connectivity index (χ1) is 8.51. The Morgan fingerprint density at radius 1 is 1.17 bits per heavy atom. The Balaban J connectivity index is 2.51. The van der Waals surface area contributed by atoms with E-state index in [1.807, 2.05) is 0 Å². The van der Waals surface area contributed by atoms with Crippen molar-refractivity contribution in [1.29, 1.82) is 0 Å². The number of barbiturate groups is 1. The smallest absolute Gasteiger partial charge is 0.276 e. The molecule has 1 atom stereocenters. The third kappa shape index (κ3) is 1.59. The summed E-state index contributed by atoms with van der Waals surface area (Å²) in [6.07, 6.45) is 0. The number of amides is 4. The van der Waals surface area contributed by atoms with Crippen LogP contribution in [0.15, 0.2) is 30.3 Å². The number of hydrogen-bond acceptors (Lipinski definition) is 3. The van der Waals surface area contributed by atoms with E-state index in [2.05, 4.69) is 5.32 Å². The SMILES string of the molecule is CCN1C(=O)NC(=O)C(C)(c2ccccc2)C1=O. The molecule has 1 fully saturated rings. The predicted octanol–water partition coefficient (Wildman–Crippen LogP) is 1.04. The van der Waals surface area contributed by atoms with Crippen LogP contribution in [0.25, 0.3) is 0 Å². The molecule has 1 aromatic carbocycles. The van der Waals surface area contributed by atoms with Gasteiger partial charge in [0.05, 0.1) is 0 Å². The van der Waals surface area contributed by atoms with Gasteiger partial charge in [0.15, 0.2) is 5.41 Å². The van der Waals surface area contributed by atoms with Gasteiger partial charge in [-0.25, -0.2) is 4.79 Å². The summed E-state index contributed by atoms with van der Waals surface area (Å²) in [6.45, 7) is 3.47. The van der Waals surface area contributed by atoms with Crippen molar-refractivity contribution < 1.29 is 14.4 Å². The minimum atomic E-state index is -1.34. The van der Waals surface area contributed by atoms with Gasteiger partial charge in [-0.2, -0.15) is 0 Å². The molecule has 1 saturated heterocycles. The second-order valence-corrected chi connectivity index (χ2v) is 4.30. The fraction of sp³-hybridized carbons (Fsp3) is 0.308. The van der Waals surface area contributed by atoms with E-state index in [0.29, 0.717) is 5.56 Å². The normalized spacial score (nSPS) is 24.1. The minimum absolute atomic E-state index is 0.236. The lowest BCUT2D eigenvalue weighted by Crippen LogP contribution is -2.64. The van der Waals surface area contributed by atoms with Gasteiger partial charge in [-0.05, 0) is 19.4 Å². The van der Waals surface area contributed by atoms with Crippen LogP contribution in [-0.2, 0) is 15.0 Å². The molecule has 0 bridgehead atoms. The highest BCUT2D eigenvalue weighted by molar-refractivity contribution is 6.22. The number of benzene rings is 1. The molecule has 1 heterocycles. The van der Waals surface area contributed by atoms with Gasteiger partial charge in [0.25, 0.3) is 5.91 Å². The monoisotopic (exact) mass is 246 g/mol. The zero-order valence-corrected chi connectivity index (χ0v) is 10.3. The summed E-state index contributed by atoms with van der Waals surface area (Å²) < 4.78 is 0. The van der Waals surface area contributed by atoms with E-state index in [-0.39, 0.29) is 6.54 Å². The van der Waals surface area contributed by atoms with Crippen LogP contribution in [0, 0.1) is 0 Å². The molecule has 1 aliphatic rings. The van der Waals surface area contributed by atoms with Crippen LogP contribution < -0.4 is 5.32 Å². The number of likely N-dealkylation sites (N-methyl/N-ethyl adjacent to an activating group) is 1. The molecule has 0 radical (unpaired) electrons. The van der Waals surface area contributed by atoms with Gasteiger partial charge in [0.2, 0.25) is 5.91 Å². The van der Waals surface area contributed by atoms with Crippen molar-refractivity contribution in [3.63, 3.8) is 0 Å². The number of rotatable bonds is 2. The highest BCUT2D eigenvalue weighted by Crippen LogP contribution is 2.29. The molecular formula is C13H14N2O3. The average Bonchev–Trinajstić information content (AvgIpc) is 2.38. The minimum Gasteiger partial charge on any atom is -0.276 e. The number of imide groups is 2. The zero-order valence-electron chi connectivity index (χ0n) is 10.3. The molecule has 18 heavy (non-hydrogen) atoms. The van der Waals surface area contributed by atoms with Gasteiger partial charge >= 0.3 is 6.03 Å². The van der Waals surface area contributed by atoms with E-state index in [4.69, 9.17) is 0 Å². The first-order valence-electron chi connectivity index (χ1n) is 5.74. The number of urea groups is 1. The summed E-state index contributed by atoms with van der Waals surface area (Å²) in [4.78, 5) is 37.0. The van der Waals surface area contributed by atoms with Crippen molar-refractivity contribution in [3.05, 3.63) is 35.9 Å². The van der Waals surface area contributed by atoms with E-state index < -0.39 is 23.3 Å². The number of carbonyl (C=O) groups excluding carboxylic acids is 3. The van der Waals surface area contributed by atoms with Crippen LogP contribution >= 0.6 is 0 Å². The maximum absolute atomic E-state index is 12.3. The van der Waals surface area contributed by atoms with E-state index >= 15 is 0 Å². The lowest BCUT2D eigenvalue weighted by molar-refractivity contribution is -0.144. The quantitative estimate of drug-likeness (QED) is 0.793. The number of nitrogens with one attached hydrogen (secondary N) is 1. The van der Waals surface area contributed by atoms with E-state index in [0.717, 1.165) is 4.90 Å². The van der Waals surface area contributed by atoms with Crippen molar-refractivity contribution in [2.75, 3.05) is 6.54 Å². The molecule has 5 heteroatoms. The molecule has 1 aromatic rings. The maximum atomic E-state index is 12.3. The summed E-state index contributed by atoms with van der Waals surface area (Å²) in [5.41, 5.74) is -0.760. The lowest BCUT2D eigenvalue weighted by Gasteiger charge is -2.36. The van der Waals surface area contributed by atoms with Crippen LogP contribution in [0.4, 0.5) is 4.79 Å². The Labute approximate surface area is 105 Å². The molecule has 5 nitrogen and oxygen atoms in total. The molecule has 94 valence electrons. The van der Waals surface area contributed by atoms with Crippen LogP contribution in [-0.4, -0.2) is 29.3 Å². The number of nitrogens with zero attached hydrogens (tertiary/aromatic N) is 1. The molecule has 1 aliphatic heterocycles. The molecule has 1 N–H and O–H groups in total. The Bertz CT molecular complexity index is 512. The van der Waals surface area contributed by atoms with Crippen LogP contribution in [0.3, 0.4) is 0 Å². The summed E-state index contributed by atoms with van der Waals surface area (Å²) >= 11 is 0. The number of hydrogen-bond donors (Lipinski definition) is 1. The predicted molar refractivity (Wildman–Crippen MR) is 64.7 cm³/mol. The Morgan fingerprint density at radius 2 is 1.78 bits per heavy atom. The fourth-order valence-corrected chi connectivity index (χ4v) is 2.06. The summed E-state index contributed by atoms with van der Waals surface area (Å²) in [7, 11) is 0. The van der Waals surface area contributed by atoms with Gasteiger partial charge in [-0.1, -0.05) is 30.3 Å². The summed E-state index contributed by atoms with van der Waals surface area (Å²) in [5, 5.41) is 2.23. The van der Waals surface area contributed by atoms with Crippen LogP contribution in [0.5, 0.6) is 0 Å². The molecule has 0 spiro atoms. The van der Waals surface area contributed by atoms with Crippen molar-refractivity contribution >= 4 is 17.8 Å². The van der Waals surface area contributed by atoms with Crippen LogP contribution in [0.1, 0.15) is 19.4 Å². The van der Waals surface area contributed by atoms with Crippen molar-refractivity contribution in [2.24, 2.45) is 0 Å². The largest absolute Gasteiger partial charge is 0.330 e. The zero-order chi connectivity index (χ0) is 13.3. The number of carbonyl (C=O) groups is 3. The third-order valence-electron chi connectivity index (χ3n) is 3.26. The van der Waals surface area contributed by atoms with E-state index in [9.17, 15) is 14.4 Å². The van der Waals surface area contributed by atoms with E-state index in [1.165, 1.54) is 6.92 Å².